The van der Waals surface area contributed by atoms with Gasteiger partial charge >= 0.3 is 11.7 Å². The fourth-order valence-corrected chi connectivity index (χ4v) is 3.48. The number of esters is 1. The zero-order valence-electron chi connectivity index (χ0n) is 17.4. The van der Waals surface area contributed by atoms with Crippen molar-refractivity contribution < 1.29 is 14.5 Å². The number of benzene rings is 1. The van der Waals surface area contributed by atoms with E-state index in [2.05, 4.69) is 27.2 Å². The fourth-order valence-electron chi connectivity index (χ4n) is 3.48. The quantitative estimate of drug-likeness (QED) is 0.415. The van der Waals surface area contributed by atoms with E-state index >= 15 is 0 Å². The molecule has 1 aromatic heterocycles. The Bertz CT molecular complexity index is 897. The number of hydrogen-bond acceptors (Lipinski definition) is 9. The summed E-state index contributed by atoms with van der Waals surface area (Å²) in [4.78, 5) is 35.6. The molecule has 1 saturated heterocycles. The molecule has 10 heteroatoms. The smallest absolute Gasteiger partial charge is 0.353 e. The number of nitrogens with one attached hydrogen (secondary N) is 1. The van der Waals surface area contributed by atoms with Crippen molar-refractivity contribution in [1.82, 2.24) is 14.9 Å². The van der Waals surface area contributed by atoms with Gasteiger partial charge in [-0.15, -0.1) is 0 Å². The number of nitro groups is 1. The largest absolute Gasteiger partial charge is 0.462 e. The molecular formula is C20H26N6O4. The van der Waals surface area contributed by atoms with Crippen molar-refractivity contribution in [2.45, 2.75) is 25.8 Å². The zero-order chi connectivity index (χ0) is 21.7. The Balaban J connectivity index is 1.84. The predicted octanol–water partition coefficient (Wildman–Crippen LogP) is 2.84. The number of hydrogen-bond donors (Lipinski definition) is 1. The van der Waals surface area contributed by atoms with E-state index in [0.717, 1.165) is 25.9 Å². The summed E-state index contributed by atoms with van der Waals surface area (Å²) in [5.74, 6) is -0.0250. The molecule has 30 heavy (non-hydrogen) atoms. The van der Waals surface area contributed by atoms with Crippen molar-refractivity contribution in [1.29, 1.82) is 0 Å². The Hall–Kier alpha value is -3.27. The van der Waals surface area contributed by atoms with Crippen LogP contribution >= 0.6 is 0 Å². The molecule has 0 amide bonds. The summed E-state index contributed by atoms with van der Waals surface area (Å²) in [5, 5.41) is 14.9. The Morgan fingerprint density at radius 2 is 1.97 bits per heavy atom. The van der Waals surface area contributed by atoms with Crippen LogP contribution in [0.25, 0.3) is 0 Å². The maximum atomic E-state index is 11.9. The zero-order valence-corrected chi connectivity index (χ0v) is 17.4. The molecule has 2 aromatic rings. The Morgan fingerprint density at radius 1 is 1.30 bits per heavy atom. The average molecular weight is 414 g/mol. The molecule has 1 aliphatic heterocycles. The Morgan fingerprint density at radius 3 is 2.57 bits per heavy atom. The van der Waals surface area contributed by atoms with Crippen molar-refractivity contribution in [3.8, 4) is 0 Å². The standard InChI is InChI=1S/C20H26N6O4/c1-4-30-20(27)14-5-7-15(8-6-14)23-18-17(26(28)29)19(22-13-21-18)25(3)16-9-11-24(2)12-10-16/h5-8,13,16H,4,9-12H2,1-3H3,(H,21,22,23). The molecule has 0 unspecified atom stereocenters. The number of anilines is 3. The molecule has 160 valence electrons. The highest BCUT2D eigenvalue weighted by Gasteiger charge is 2.30. The van der Waals surface area contributed by atoms with Gasteiger partial charge in [0.2, 0.25) is 11.6 Å². The third kappa shape index (κ3) is 4.82. The van der Waals surface area contributed by atoms with Gasteiger partial charge in [-0.2, -0.15) is 0 Å². The average Bonchev–Trinajstić information content (AvgIpc) is 2.74. The van der Waals surface area contributed by atoms with Gasteiger partial charge in [0, 0.05) is 18.8 Å². The number of piperidine rings is 1. The van der Waals surface area contributed by atoms with E-state index in [9.17, 15) is 14.9 Å². The van der Waals surface area contributed by atoms with Gasteiger partial charge in [-0.3, -0.25) is 10.1 Å². The van der Waals surface area contributed by atoms with Crippen molar-refractivity contribution >= 4 is 29.0 Å². The number of aromatic nitrogens is 2. The second-order valence-corrected chi connectivity index (χ2v) is 7.22. The number of carbonyl (C=O) groups is 1. The maximum Gasteiger partial charge on any atom is 0.353 e. The lowest BCUT2D eigenvalue weighted by Gasteiger charge is -2.35. The Kier molecular flexibility index (Phi) is 6.78. The highest BCUT2D eigenvalue weighted by atomic mass is 16.6. The van der Waals surface area contributed by atoms with Crippen LogP contribution in [0.2, 0.25) is 0 Å². The van der Waals surface area contributed by atoms with Crippen LogP contribution in [0.1, 0.15) is 30.1 Å². The molecule has 0 aliphatic carbocycles. The second-order valence-electron chi connectivity index (χ2n) is 7.22. The molecule has 1 aromatic carbocycles. The molecule has 0 saturated carbocycles. The van der Waals surface area contributed by atoms with Crippen molar-refractivity contribution in [2.75, 3.05) is 44.0 Å². The van der Waals surface area contributed by atoms with Crippen LogP contribution in [0.3, 0.4) is 0 Å². The lowest BCUT2D eigenvalue weighted by atomic mass is 10.0. The van der Waals surface area contributed by atoms with Gasteiger partial charge in [-0.1, -0.05) is 0 Å². The summed E-state index contributed by atoms with van der Waals surface area (Å²) < 4.78 is 4.97. The normalized spacial score (nSPS) is 14.9. The van der Waals surface area contributed by atoms with Gasteiger partial charge in [-0.25, -0.2) is 14.8 Å². The van der Waals surface area contributed by atoms with Crippen LogP contribution in [0.4, 0.5) is 23.0 Å². The summed E-state index contributed by atoms with van der Waals surface area (Å²) in [6.45, 7) is 3.90. The first-order valence-electron chi connectivity index (χ1n) is 9.85. The van der Waals surface area contributed by atoms with Gasteiger partial charge in [0.1, 0.15) is 6.33 Å². The molecule has 3 rings (SSSR count). The third-order valence-corrected chi connectivity index (χ3v) is 5.21. The lowest BCUT2D eigenvalue weighted by molar-refractivity contribution is -0.383. The van der Waals surface area contributed by atoms with Crippen molar-refractivity contribution in [3.05, 3.63) is 46.3 Å². The fraction of sp³-hybridized carbons (Fsp3) is 0.450. The number of carbonyl (C=O) groups excluding carboxylic acids is 1. The third-order valence-electron chi connectivity index (χ3n) is 5.21. The monoisotopic (exact) mass is 414 g/mol. The van der Waals surface area contributed by atoms with Crippen LogP contribution in [-0.2, 0) is 4.74 Å². The molecule has 1 fully saturated rings. The Labute approximate surface area is 175 Å². The highest BCUT2D eigenvalue weighted by Crippen LogP contribution is 2.35. The first kappa shape index (κ1) is 21.4. The topological polar surface area (TPSA) is 114 Å². The first-order valence-corrected chi connectivity index (χ1v) is 9.85. The molecule has 0 radical (unpaired) electrons. The van der Waals surface area contributed by atoms with E-state index in [0.29, 0.717) is 17.9 Å². The highest BCUT2D eigenvalue weighted by molar-refractivity contribution is 5.90. The van der Waals surface area contributed by atoms with Crippen LogP contribution in [0.5, 0.6) is 0 Å². The summed E-state index contributed by atoms with van der Waals surface area (Å²) >= 11 is 0. The van der Waals surface area contributed by atoms with Crippen molar-refractivity contribution in [3.63, 3.8) is 0 Å². The van der Waals surface area contributed by atoms with Gasteiger partial charge in [0.25, 0.3) is 0 Å². The van der Waals surface area contributed by atoms with E-state index in [4.69, 9.17) is 4.74 Å². The minimum Gasteiger partial charge on any atom is -0.462 e. The summed E-state index contributed by atoms with van der Waals surface area (Å²) in [6, 6.07) is 6.67. The van der Waals surface area contributed by atoms with Crippen LogP contribution in [-0.4, -0.2) is 65.6 Å². The van der Waals surface area contributed by atoms with E-state index in [-0.39, 0.29) is 23.4 Å². The van der Waals surface area contributed by atoms with Crippen molar-refractivity contribution in [2.24, 2.45) is 0 Å². The van der Waals surface area contributed by atoms with Gasteiger partial charge in [-0.05, 0) is 64.2 Å². The maximum absolute atomic E-state index is 11.9. The molecule has 1 N–H and O–H groups in total. The van der Waals surface area contributed by atoms with E-state index in [1.807, 2.05) is 11.9 Å². The summed E-state index contributed by atoms with van der Waals surface area (Å²) in [5.41, 5.74) is 0.799. The molecule has 10 nitrogen and oxygen atoms in total. The van der Waals surface area contributed by atoms with Gasteiger partial charge < -0.3 is 19.9 Å². The second kappa shape index (κ2) is 9.49. The number of ether oxygens (including phenoxy) is 1. The van der Waals surface area contributed by atoms with Crippen LogP contribution in [0, 0.1) is 10.1 Å². The lowest BCUT2D eigenvalue weighted by Crippen LogP contribution is -2.42. The molecule has 2 heterocycles. The predicted molar refractivity (Wildman–Crippen MR) is 113 cm³/mol. The van der Waals surface area contributed by atoms with Crippen LogP contribution < -0.4 is 10.2 Å². The minimum absolute atomic E-state index is 0.105. The number of rotatable bonds is 7. The van der Waals surface area contributed by atoms with Gasteiger partial charge in [0.05, 0.1) is 17.1 Å². The summed E-state index contributed by atoms with van der Waals surface area (Å²) in [7, 11) is 3.90. The number of nitrogens with zero attached hydrogens (tertiary/aromatic N) is 5. The van der Waals surface area contributed by atoms with E-state index < -0.39 is 10.9 Å². The molecular weight excluding hydrogens is 388 g/mol. The molecule has 1 aliphatic rings. The summed E-state index contributed by atoms with van der Waals surface area (Å²) in [6.07, 6.45) is 3.14. The van der Waals surface area contributed by atoms with E-state index in [1.165, 1.54) is 6.33 Å². The number of likely N-dealkylation sites (tertiary alicyclic amines) is 1. The first-order chi connectivity index (χ1) is 14.4. The molecule has 0 spiro atoms. The van der Waals surface area contributed by atoms with Crippen LogP contribution in [0.15, 0.2) is 30.6 Å². The molecule has 0 atom stereocenters. The van der Waals surface area contributed by atoms with E-state index in [1.54, 1.807) is 31.2 Å². The minimum atomic E-state index is -0.462. The van der Waals surface area contributed by atoms with Gasteiger partial charge in [0.15, 0.2) is 0 Å². The SMILES string of the molecule is CCOC(=O)c1ccc(Nc2ncnc(N(C)C3CCN(C)CC3)c2[N+](=O)[O-])cc1. The molecule has 0 bridgehead atoms.